The Balaban J connectivity index is 1.71. The molecule has 2 aromatic rings. The molecule has 0 heterocycles. The Bertz CT molecular complexity index is 873. The van der Waals surface area contributed by atoms with E-state index in [-0.39, 0.29) is 19.1 Å². The van der Waals surface area contributed by atoms with Crippen LogP contribution in [0.5, 0.6) is 5.75 Å². The minimum Gasteiger partial charge on any atom is -0.484 e. The molecule has 7 heteroatoms. The van der Waals surface area contributed by atoms with Gasteiger partial charge < -0.3 is 10.1 Å². The van der Waals surface area contributed by atoms with Gasteiger partial charge in [-0.15, -0.1) is 0 Å². The summed E-state index contributed by atoms with van der Waals surface area (Å²) in [4.78, 5) is 35.6. The minimum absolute atomic E-state index is 0.238. The fourth-order valence-electron chi connectivity index (χ4n) is 2.53. The SMILES string of the molecule is Cc1cc(C)cc(OCC(=O)NNC(=O)CNC(=O)c2ccc(C)c(C)c2)c1. The summed E-state index contributed by atoms with van der Waals surface area (Å²) < 4.78 is 5.41. The van der Waals surface area contributed by atoms with Crippen LogP contribution in [0.1, 0.15) is 32.6 Å². The van der Waals surface area contributed by atoms with Gasteiger partial charge in [0.15, 0.2) is 6.61 Å². The van der Waals surface area contributed by atoms with Gasteiger partial charge in [0.2, 0.25) is 0 Å². The molecule has 28 heavy (non-hydrogen) atoms. The number of nitrogens with one attached hydrogen (secondary N) is 3. The van der Waals surface area contributed by atoms with Crippen LogP contribution in [0.4, 0.5) is 0 Å². The summed E-state index contributed by atoms with van der Waals surface area (Å²) in [5, 5.41) is 2.51. The molecule has 0 bridgehead atoms. The largest absolute Gasteiger partial charge is 0.484 e. The van der Waals surface area contributed by atoms with Crippen LogP contribution in [-0.4, -0.2) is 30.9 Å². The lowest BCUT2D eigenvalue weighted by Crippen LogP contribution is -2.47. The minimum atomic E-state index is -0.545. The Hall–Kier alpha value is -3.35. The summed E-state index contributed by atoms with van der Waals surface area (Å²) in [5.74, 6) is -0.827. The van der Waals surface area contributed by atoms with Crippen LogP contribution in [0.3, 0.4) is 0 Å². The smallest absolute Gasteiger partial charge is 0.276 e. The van der Waals surface area contributed by atoms with E-state index in [1.807, 2.05) is 52.0 Å². The number of benzene rings is 2. The molecule has 0 aromatic heterocycles. The lowest BCUT2D eigenvalue weighted by Gasteiger charge is -2.10. The van der Waals surface area contributed by atoms with Crippen molar-refractivity contribution >= 4 is 17.7 Å². The molecule has 0 aliphatic carbocycles. The summed E-state index contributed by atoms with van der Waals surface area (Å²) in [7, 11) is 0. The van der Waals surface area contributed by atoms with Gasteiger partial charge in [0.25, 0.3) is 17.7 Å². The van der Waals surface area contributed by atoms with Gasteiger partial charge in [-0.05, 0) is 74.2 Å². The van der Waals surface area contributed by atoms with Crippen LogP contribution in [-0.2, 0) is 9.59 Å². The number of hydrazine groups is 1. The summed E-state index contributed by atoms with van der Waals surface area (Å²) >= 11 is 0. The van der Waals surface area contributed by atoms with Gasteiger partial charge in [-0.2, -0.15) is 0 Å². The van der Waals surface area contributed by atoms with Crippen molar-refractivity contribution in [1.29, 1.82) is 0 Å². The molecular formula is C21H25N3O4. The van der Waals surface area contributed by atoms with E-state index in [4.69, 9.17) is 4.74 Å². The zero-order chi connectivity index (χ0) is 20.7. The van der Waals surface area contributed by atoms with Crippen LogP contribution in [0, 0.1) is 27.7 Å². The predicted octanol–water partition coefficient (Wildman–Crippen LogP) is 1.88. The second-order valence-electron chi connectivity index (χ2n) is 6.69. The molecule has 2 rings (SSSR count). The molecule has 2 aromatic carbocycles. The Kier molecular flexibility index (Phi) is 7.14. The summed E-state index contributed by atoms with van der Waals surface area (Å²) in [6, 6.07) is 10.9. The third-order valence-corrected chi connectivity index (χ3v) is 4.09. The number of ether oxygens (including phenoxy) is 1. The first-order valence-electron chi connectivity index (χ1n) is 8.89. The van der Waals surface area contributed by atoms with E-state index < -0.39 is 11.8 Å². The van der Waals surface area contributed by atoms with Crippen LogP contribution >= 0.6 is 0 Å². The van der Waals surface area contributed by atoms with E-state index in [0.717, 1.165) is 22.3 Å². The van der Waals surface area contributed by atoms with Crippen molar-refractivity contribution in [3.63, 3.8) is 0 Å². The van der Waals surface area contributed by atoms with Crippen LogP contribution in [0.15, 0.2) is 36.4 Å². The molecule has 0 radical (unpaired) electrons. The highest BCUT2D eigenvalue weighted by atomic mass is 16.5. The maximum absolute atomic E-state index is 12.1. The lowest BCUT2D eigenvalue weighted by molar-refractivity contribution is -0.129. The fourth-order valence-corrected chi connectivity index (χ4v) is 2.53. The van der Waals surface area contributed by atoms with Crippen molar-refractivity contribution in [3.8, 4) is 5.75 Å². The third kappa shape index (κ3) is 6.42. The molecule has 0 aliphatic heterocycles. The topological polar surface area (TPSA) is 96.5 Å². The Morgan fingerprint density at radius 3 is 2.11 bits per heavy atom. The quantitative estimate of drug-likeness (QED) is 0.664. The number of carbonyl (C=O) groups is 3. The monoisotopic (exact) mass is 383 g/mol. The van der Waals surface area contributed by atoms with Crippen molar-refractivity contribution in [2.24, 2.45) is 0 Å². The Morgan fingerprint density at radius 1 is 0.821 bits per heavy atom. The van der Waals surface area contributed by atoms with Crippen LogP contribution < -0.4 is 20.9 Å². The zero-order valence-corrected chi connectivity index (χ0v) is 16.5. The van der Waals surface area contributed by atoms with Gasteiger partial charge in [-0.25, -0.2) is 0 Å². The standard InChI is InChI=1S/C21H25N3O4/c1-13-7-14(2)9-18(8-13)28-12-20(26)24-23-19(25)11-22-21(27)17-6-5-15(3)16(4)10-17/h5-10H,11-12H2,1-4H3,(H,22,27)(H,23,25)(H,24,26). The molecule has 0 saturated carbocycles. The highest BCUT2D eigenvalue weighted by Gasteiger charge is 2.10. The Labute approximate surface area is 164 Å². The number of carbonyl (C=O) groups excluding carboxylic acids is 3. The number of amides is 3. The molecule has 3 amide bonds. The Morgan fingerprint density at radius 2 is 1.46 bits per heavy atom. The van der Waals surface area contributed by atoms with E-state index in [0.29, 0.717) is 11.3 Å². The summed E-state index contributed by atoms with van der Waals surface area (Å²) in [6.07, 6.45) is 0. The van der Waals surface area contributed by atoms with Crippen molar-refractivity contribution in [1.82, 2.24) is 16.2 Å². The van der Waals surface area contributed by atoms with E-state index in [9.17, 15) is 14.4 Å². The molecule has 0 atom stereocenters. The zero-order valence-electron chi connectivity index (χ0n) is 16.5. The molecule has 148 valence electrons. The van der Waals surface area contributed by atoms with Crippen LogP contribution in [0.25, 0.3) is 0 Å². The normalized spacial score (nSPS) is 10.1. The number of hydrogen-bond donors (Lipinski definition) is 3. The predicted molar refractivity (Wildman–Crippen MR) is 106 cm³/mol. The highest BCUT2D eigenvalue weighted by Crippen LogP contribution is 2.15. The maximum Gasteiger partial charge on any atom is 0.276 e. The van der Waals surface area contributed by atoms with Gasteiger partial charge in [0, 0.05) is 5.56 Å². The third-order valence-electron chi connectivity index (χ3n) is 4.09. The van der Waals surface area contributed by atoms with Gasteiger partial charge in [-0.1, -0.05) is 12.1 Å². The molecule has 0 fully saturated rings. The lowest BCUT2D eigenvalue weighted by atomic mass is 10.1. The molecule has 0 unspecified atom stereocenters. The van der Waals surface area contributed by atoms with E-state index >= 15 is 0 Å². The first kappa shape index (κ1) is 21.0. The maximum atomic E-state index is 12.1. The summed E-state index contributed by atoms with van der Waals surface area (Å²) in [5.41, 5.74) is 9.10. The average molecular weight is 383 g/mol. The fraction of sp³-hybridized carbons (Fsp3) is 0.286. The summed E-state index contributed by atoms with van der Waals surface area (Å²) in [6.45, 7) is 7.24. The van der Waals surface area contributed by atoms with Crippen molar-refractivity contribution < 1.29 is 19.1 Å². The molecule has 0 saturated heterocycles. The molecule has 3 N–H and O–H groups in total. The molecular weight excluding hydrogens is 358 g/mol. The van der Waals surface area contributed by atoms with Crippen LogP contribution in [0.2, 0.25) is 0 Å². The average Bonchev–Trinajstić information content (AvgIpc) is 2.64. The number of rotatable bonds is 6. The number of hydrogen-bond acceptors (Lipinski definition) is 4. The second kappa shape index (κ2) is 9.55. The van der Waals surface area contributed by atoms with Crippen molar-refractivity contribution in [2.45, 2.75) is 27.7 Å². The van der Waals surface area contributed by atoms with Gasteiger partial charge >= 0.3 is 0 Å². The first-order valence-corrected chi connectivity index (χ1v) is 8.89. The van der Waals surface area contributed by atoms with E-state index in [1.54, 1.807) is 12.1 Å². The van der Waals surface area contributed by atoms with Crippen molar-refractivity contribution in [3.05, 3.63) is 64.2 Å². The van der Waals surface area contributed by atoms with E-state index in [2.05, 4.69) is 16.2 Å². The van der Waals surface area contributed by atoms with Crippen molar-refractivity contribution in [2.75, 3.05) is 13.2 Å². The molecule has 7 nitrogen and oxygen atoms in total. The van der Waals surface area contributed by atoms with Gasteiger partial charge in [-0.3, -0.25) is 25.2 Å². The van der Waals surface area contributed by atoms with Gasteiger partial charge in [0.05, 0.1) is 6.54 Å². The highest BCUT2D eigenvalue weighted by molar-refractivity contribution is 5.96. The second-order valence-corrected chi connectivity index (χ2v) is 6.69. The molecule has 0 spiro atoms. The molecule has 0 aliphatic rings. The first-order chi connectivity index (χ1) is 13.2. The van der Waals surface area contributed by atoms with E-state index in [1.165, 1.54) is 0 Å². The van der Waals surface area contributed by atoms with Gasteiger partial charge in [0.1, 0.15) is 5.75 Å². The number of aryl methyl sites for hydroxylation is 4.